The Labute approximate surface area is 138 Å². The summed E-state index contributed by atoms with van der Waals surface area (Å²) >= 11 is 0. The largest absolute Gasteiger partial charge is 0.483 e. The Bertz CT molecular complexity index is 626. The number of hydrogen-bond acceptors (Lipinski definition) is 3. The summed E-state index contributed by atoms with van der Waals surface area (Å²) in [7, 11) is 1.81. The summed E-state index contributed by atoms with van der Waals surface area (Å²) in [5.74, 6) is 1.14. The van der Waals surface area contributed by atoms with Gasteiger partial charge in [-0.1, -0.05) is 32.0 Å². The van der Waals surface area contributed by atoms with Gasteiger partial charge in [-0.3, -0.25) is 9.78 Å². The van der Waals surface area contributed by atoms with E-state index in [2.05, 4.69) is 18.8 Å². The summed E-state index contributed by atoms with van der Waals surface area (Å²) in [5, 5.41) is 0. The van der Waals surface area contributed by atoms with E-state index in [0.717, 1.165) is 17.7 Å². The number of carbonyl (C=O) groups is 1. The summed E-state index contributed by atoms with van der Waals surface area (Å²) < 4.78 is 5.73. The van der Waals surface area contributed by atoms with Crippen molar-refractivity contribution in [3.63, 3.8) is 0 Å². The molecule has 23 heavy (non-hydrogen) atoms. The van der Waals surface area contributed by atoms with Crippen molar-refractivity contribution in [2.75, 3.05) is 20.2 Å². The van der Waals surface area contributed by atoms with Crippen molar-refractivity contribution in [2.24, 2.45) is 0 Å². The fourth-order valence-corrected chi connectivity index (χ4v) is 2.31. The van der Waals surface area contributed by atoms with Crippen molar-refractivity contribution in [2.45, 2.75) is 26.2 Å². The number of rotatable bonds is 7. The van der Waals surface area contributed by atoms with Crippen LogP contribution in [-0.2, 0) is 11.2 Å². The fraction of sp³-hybridized carbons (Fsp3) is 0.368. The Morgan fingerprint density at radius 3 is 2.57 bits per heavy atom. The second-order valence-corrected chi connectivity index (χ2v) is 5.90. The van der Waals surface area contributed by atoms with E-state index in [-0.39, 0.29) is 12.5 Å². The molecule has 0 atom stereocenters. The molecule has 0 aliphatic carbocycles. The van der Waals surface area contributed by atoms with Crippen molar-refractivity contribution in [1.29, 1.82) is 0 Å². The Morgan fingerprint density at radius 2 is 1.87 bits per heavy atom. The summed E-state index contributed by atoms with van der Waals surface area (Å²) in [4.78, 5) is 17.9. The first kappa shape index (κ1) is 17.0. The third-order valence-electron chi connectivity index (χ3n) is 3.80. The van der Waals surface area contributed by atoms with Crippen LogP contribution in [0.25, 0.3) is 0 Å². The number of benzene rings is 1. The molecular formula is C19H24N2O2. The molecular weight excluding hydrogens is 288 g/mol. The highest BCUT2D eigenvalue weighted by atomic mass is 16.5. The number of aromatic nitrogens is 1. The van der Waals surface area contributed by atoms with E-state index in [1.165, 1.54) is 5.56 Å². The lowest BCUT2D eigenvalue weighted by Gasteiger charge is -2.19. The molecule has 1 aromatic carbocycles. The Morgan fingerprint density at radius 1 is 1.17 bits per heavy atom. The molecule has 0 saturated heterocycles. The zero-order chi connectivity index (χ0) is 16.7. The highest BCUT2D eigenvalue weighted by Crippen LogP contribution is 2.25. The minimum absolute atomic E-state index is 0.0161. The average molecular weight is 312 g/mol. The number of hydrogen-bond donors (Lipinski definition) is 0. The van der Waals surface area contributed by atoms with Crippen LogP contribution >= 0.6 is 0 Å². The minimum atomic E-state index is -0.0161. The lowest BCUT2D eigenvalue weighted by atomic mass is 10.0. The van der Waals surface area contributed by atoms with Gasteiger partial charge in [0, 0.05) is 26.0 Å². The molecule has 0 bridgehead atoms. The number of nitrogens with zero attached hydrogens (tertiary/aromatic N) is 2. The van der Waals surface area contributed by atoms with E-state index in [4.69, 9.17) is 4.74 Å². The lowest BCUT2D eigenvalue weighted by molar-refractivity contribution is -0.132. The third-order valence-corrected chi connectivity index (χ3v) is 3.80. The van der Waals surface area contributed by atoms with Gasteiger partial charge in [0.05, 0.1) is 0 Å². The van der Waals surface area contributed by atoms with E-state index < -0.39 is 0 Å². The van der Waals surface area contributed by atoms with Crippen LogP contribution in [0, 0.1) is 0 Å². The van der Waals surface area contributed by atoms with Gasteiger partial charge in [-0.05, 0) is 41.7 Å². The average Bonchev–Trinajstić information content (AvgIpc) is 2.58. The first-order valence-corrected chi connectivity index (χ1v) is 7.92. The van der Waals surface area contributed by atoms with Crippen LogP contribution in [0.4, 0.5) is 0 Å². The smallest absolute Gasteiger partial charge is 0.260 e. The quantitative estimate of drug-likeness (QED) is 0.788. The van der Waals surface area contributed by atoms with Crippen LogP contribution in [0.1, 0.15) is 30.9 Å². The molecule has 0 aliphatic heterocycles. The van der Waals surface area contributed by atoms with E-state index in [9.17, 15) is 4.79 Å². The number of amides is 1. The standard InChI is InChI=1S/C19H24N2O2/c1-15(2)17-6-4-5-7-18(17)23-14-19(22)21(3)13-10-16-8-11-20-12-9-16/h4-9,11-12,15H,10,13-14H2,1-3H3. The molecule has 0 spiro atoms. The molecule has 1 heterocycles. The van der Waals surface area contributed by atoms with Gasteiger partial charge in [-0.2, -0.15) is 0 Å². The van der Waals surface area contributed by atoms with Gasteiger partial charge in [-0.25, -0.2) is 0 Å². The van der Waals surface area contributed by atoms with Crippen LogP contribution in [0.5, 0.6) is 5.75 Å². The summed E-state index contributed by atoms with van der Waals surface area (Å²) in [5.41, 5.74) is 2.30. The zero-order valence-corrected chi connectivity index (χ0v) is 14.0. The van der Waals surface area contributed by atoms with Gasteiger partial charge in [-0.15, -0.1) is 0 Å². The maximum absolute atomic E-state index is 12.2. The highest BCUT2D eigenvalue weighted by Gasteiger charge is 2.12. The van der Waals surface area contributed by atoms with Crippen molar-refractivity contribution in [1.82, 2.24) is 9.88 Å². The van der Waals surface area contributed by atoms with E-state index in [0.29, 0.717) is 12.5 Å². The SMILES string of the molecule is CC(C)c1ccccc1OCC(=O)N(C)CCc1ccncc1. The first-order chi connectivity index (χ1) is 11.1. The van der Waals surface area contributed by atoms with Crippen LogP contribution in [0.2, 0.25) is 0 Å². The van der Waals surface area contributed by atoms with Crippen molar-refractivity contribution < 1.29 is 9.53 Å². The molecule has 2 aromatic rings. The normalized spacial score (nSPS) is 10.6. The topological polar surface area (TPSA) is 42.4 Å². The molecule has 0 fully saturated rings. The second-order valence-electron chi connectivity index (χ2n) is 5.90. The van der Waals surface area contributed by atoms with Crippen LogP contribution < -0.4 is 4.74 Å². The van der Waals surface area contributed by atoms with Gasteiger partial charge in [0.15, 0.2) is 6.61 Å². The molecule has 0 N–H and O–H groups in total. The first-order valence-electron chi connectivity index (χ1n) is 7.92. The lowest BCUT2D eigenvalue weighted by Crippen LogP contribution is -2.33. The van der Waals surface area contributed by atoms with Crippen molar-refractivity contribution >= 4 is 5.91 Å². The summed E-state index contributed by atoms with van der Waals surface area (Å²) in [6, 6.07) is 11.8. The summed E-state index contributed by atoms with van der Waals surface area (Å²) in [6.45, 7) is 4.96. The van der Waals surface area contributed by atoms with Gasteiger partial charge in [0.1, 0.15) is 5.75 Å². The molecule has 122 valence electrons. The zero-order valence-electron chi connectivity index (χ0n) is 14.0. The fourth-order valence-electron chi connectivity index (χ4n) is 2.31. The Balaban J connectivity index is 1.85. The van der Waals surface area contributed by atoms with Crippen molar-refractivity contribution in [3.8, 4) is 5.75 Å². The molecule has 0 saturated carbocycles. The second kappa shape index (κ2) is 8.32. The number of likely N-dealkylation sites (N-methyl/N-ethyl adjacent to an activating group) is 1. The third kappa shape index (κ3) is 5.09. The molecule has 2 rings (SSSR count). The molecule has 0 radical (unpaired) electrons. The maximum Gasteiger partial charge on any atom is 0.260 e. The van der Waals surface area contributed by atoms with Crippen molar-refractivity contribution in [3.05, 3.63) is 59.9 Å². The van der Waals surface area contributed by atoms with Gasteiger partial charge >= 0.3 is 0 Å². The maximum atomic E-state index is 12.2. The van der Waals surface area contributed by atoms with Gasteiger partial charge in [0.25, 0.3) is 5.91 Å². The molecule has 0 aliphatic rings. The minimum Gasteiger partial charge on any atom is -0.483 e. The van der Waals surface area contributed by atoms with Crippen LogP contribution in [0.3, 0.4) is 0 Å². The van der Waals surface area contributed by atoms with Crippen LogP contribution in [0.15, 0.2) is 48.8 Å². The molecule has 1 aromatic heterocycles. The number of ether oxygens (including phenoxy) is 1. The van der Waals surface area contributed by atoms with E-state index in [1.54, 1.807) is 24.3 Å². The molecule has 4 nitrogen and oxygen atoms in total. The predicted octanol–water partition coefficient (Wildman–Crippen LogP) is 3.28. The Kier molecular flexibility index (Phi) is 6.15. The highest BCUT2D eigenvalue weighted by molar-refractivity contribution is 5.77. The monoisotopic (exact) mass is 312 g/mol. The number of para-hydroxylation sites is 1. The molecule has 1 amide bonds. The summed E-state index contributed by atoms with van der Waals surface area (Å²) in [6.07, 6.45) is 4.35. The molecule has 0 unspecified atom stereocenters. The van der Waals surface area contributed by atoms with Gasteiger partial charge in [0.2, 0.25) is 0 Å². The Hall–Kier alpha value is -2.36. The van der Waals surface area contributed by atoms with E-state index >= 15 is 0 Å². The van der Waals surface area contributed by atoms with Gasteiger partial charge < -0.3 is 9.64 Å². The number of carbonyl (C=O) groups excluding carboxylic acids is 1. The van der Waals surface area contributed by atoms with E-state index in [1.807, 2.05) is 36.4 Å². The molecule has 4 heteroatoms. The number of pyridine rings is 1. The predicted molar refractivity (Wildman–Crippen MR) is 91.6 cm³/mol. The van der Waals surface area contributed by atoms with Crippen LogP contribution in [-0.4, -0.2) is 36.0 Å².